The van der Waals surface area contributed by atoms with Gasteiger partial charge in [-0.2, -0.15) is 0 Å². The quantitative estimate of drug-likeness (QED) is 0.582. The summed E-state index contributed by atoms with van der Waals surface area (Å²) in [4.78, 5) is 14.7. The van der Waals surface area contributed by atoms with E-state index in [9.17, 15) is 4.79 Å². The molecular formula is C19H17NO2. The molecular weight excluding hydrogens is 274 g/mol. The van der Waals surface area contributed by atoms with Crippen LogP contribution in [0.1, 0.15) is 17.0 Å². The number of H-pyrrole nitrogens is 1. The molecule has 0 saturated carbocycles. The Balaban J connectivity index is 2.11. The predicted octanol–water partition coefficient (Wildman–Crippen LogP) is 4.03. The molecule has 0 fully saturated rings. The number of aromatic amines is 1. The van der Waals surface area contributed by atoms with E-state index in [1.54, 1.807) is 0 Å². The first-order valence-corrected chi connectivity index (χ1v) is 7.16. The van der Waals surface area contributed by atoms with E-state index in [4.69, 9.17) is 4.74 Å². The van der Waals surface area contributed by atoms with E-state index in [-0.39, 0.29) is 11.9 Å². The summed E-state index contributed by atoms with van der Waals surface area (Å²) in [5.74, 6) is -0.345. The summed E-state index contributed by atoms with van der Waals surface area (Å²) >= 11 is 0. The average molecular weight is 291 g/mol. The molecule has 22 heavy (non-hydrogen) atoms. The first-order valence-electron chi connectivity index (χ1n) is 7.16. The van der Waals surface area contributed by atoms with Gasteiger partial charge < -0.3 is 9.72 Å². The Bertz CT molecular complexity index is 802. The lowest BCUT2D eigenvalue weighted by atomic mass is 9.89. The summed E-state index contributed by atoms with van der Waals surface area (Å²) < 4.78 is 4.71. The molecule has 1 atom stereocenters. The highest BCUT2D eigenvalue weighted by Crippen LogP contribution is 2.31. The van der Waals surface area contributed by atoms with Gasteiger partial charge in [-0.1, -0.05) is 48.5 Å². The third-order valence-electron chi connectivity index (χ3n) is 3.75. The van der Waals surface area contributed by atoms with Gasteiger partial charge in [-0.05, 0) is 23.3 Å². The number of nitrogens with one attached hydrogen (secondary N) is 1. The number of aromatic nitrogens is 1. The van der Waals surface area contributed by atoms with Crippen LogP contribution in [0.3, 0.4) is 0 Å². The number of rotatable bonds is 4. The number of ether oxygens (including phenoxy) is 1. The van der Waals surface area contributed by atoms with Crippen LogP contribution in [0.2, 0.25) is 0 Å². The highest BCUT2D eigenvalue weighted by atomic mass is 16.5. The molecule has 1 aromatic heterocycles. The Kier molecular flexibility index (Phi) is 4.05. The number of esters is 1. The van der Waals surface area contributed by atoms with Crippen molar-refractivity contribution in [1.82, 2.24) is 4.98 Å². The van der Waals surface area contributed by atoms with Crippen LogP contribution < -0.4 is 0 Å². The average Bonchev–Trinajstić information content (AvgIpc) is 3.05. The second-order valence-corrected chi connectivity index (χ2v) is 5.06. The van der Waals surface area contributed by atoms with Crippen LogP contribution in [-0.2, 0) is 9.53 Å². The fraction of sp³-hybridized carbons (Fsp3) is 0.105. The lowest BCUT2D eigenvalue weighted by molar-refractivity contribution is -0.134. The largest absolute Gasteiger partial charge is 0.466 e. The molecule has 0 aliphatic heterocycles. The van der Waals surface area contributed by atoms with Crippen molar-refractivity contribution in [2.45, 2.75) is 5.92 Å². The summed E-state index contributed by atoms with van der Waals surface area (Å²) in [7, 11) is 1.39. The summed E-state index contributed by atoms with van der Waals surface area (Å²) in [6.45, 7) is 0. The Hall–Kier alpha value is -2.81. The van der Waals surface area contributed by atoms with Gasteiger partial charge in [-0.3, -0.25) is 0 Å². The fourth-order valence-corrected chi connectivity index (χ4v) is 2.68. The highest BCUT2D eigenvalue weighted by Gasteiger charge is 2.14. The monoisotopic (exact) mass is 291 g/mol. The summed E-state index contributed by atoms with van der Waals surface area (Å²) in [5, 5.41) is 1.16. The van der Waals surface area contributed by atoms with Gasteiger partial charge in [0.15, 0.2) is 0 Å². The van der Waals surface area contributed by atoms with E-state index in [2.05, 4.69) is 29.2 Å². The Morgan fingerprint density at radius 1 is 1.09 bits per heavy atom. The Morgan fingerprint density at radius 2 is 1.91 bits per heavy atom. The second-order valence-electron chi connectivity index (χ2n) is 5.06. The first-order chi connectivity index (χ1) is 10.8. The molecule has 1 N–H and O–H groups in total. The normalized spacial score (nSPS) is 12.6. The van der Waals surface area contributed by atoms with Crippen molar-refractivity contribution in [2.75, 3.05) is 7.11 Å². The van der Waals surface area contributed by atoms with Crippen LogP contribution in [-0.4, -0.2) is 18.1 Å². The molecule has 0 saturated heterocycles. The maximum atomic E-state index is 11.5. The Labute approximate surface area is 129 Å². The number of fused-ring (bicyclic) bond motifs is 1. The molecule has 0 aliphatic carbocycles. The molecule has 3 aromatic rings. The standard InChI is InChI=1S/C19H17NO2/c1-22-19(21)11-10-15(14-6-3-2-4-7-14)16-8-5-9-18-17(16)12-13-20-18/h2-13,15,20H,1H3/b11-10+/t15-/m0/s1. The van der Waals surface area contributed by atoms with E-state index in [1.165, 1.54) is 13.2 Å². The van der Waals surface area contributed by atoms with Gasteiger partial charge >= 0.3 is 5.97 Å². The SMILES string of the molecule is COC(=O)/C=C/[C@@H](c1ccccc1)c1cccc2[nH]ccc12. The maximum absolute atomic E-state index is 11.5. The van der Waals surface area contributed by atoms with Crippen molar-refractivity contribution in [3.8, 4) is 0 Å². The molecule has 0 amide bonds. The van der Waals surface area contributed by atoms with E-state index in [0.717, 1.165) is 22.0 Å². The topological polar surface area (TPSA) is 42.1 Å². The number of hydrogen-bond acceptors (Lipinski definition) is 2. The zero-order chi connectivity index (χ0) is 15.4. The summed E-state index contributed by atoms with van der Waals surface area (Å²) in [6, 6.07) is 18.4. The number of methoxy groups -OCH3 is 1. The third kappa shape index (κ3) is 2.79. The number of carbonyl (C=O) groups is 1. The molecule has 0 spiro atoms. The van der Waals surface area contributed by atoms with Crippen LogP contribution in [0.25, 0.3) is 10.9 Å². The first kappa shape index (κ1) is 14.1. The molecule has 3 nitrogen and oxygen atoms in total. The summed E-state index contributed by atoms with van der Waals surface area (Å²) in [5.41, 5.74) is 3.38. The van der Waals surface area contributed by atoms with Crippen LogP contribution >= 0.6 is 0 Å². The van der Waals surface area contributed by atoms with E-state index in [1.807, 2.05) is 42.6 Å². The highest BCUT2D eigenvalue weighted by molar-refractivity contribution is 5.85. The molecule has 110 valence electrons. The molecule has 0 radical (unpaired) electrons. The molecule has 0 unspecified atom stereocenters. The number of benzene rings is 2. The van der Waals surface area contributed by atoms with Gasteiger partial charge in [0.2, 0.25) is 0 Å². The summed E-state index contributed by atoms with van der Waals surface area (Å²) in [6.07, 6.45) is 5.31. The van der Waals surface area contributed by atoms with Gasteiger partial charge in [0.25, 0.3) is 0 Å². The number of hydrogen-bond donors (Lipinski definition) is 1. The lowest BCUT2D eigenvalue weighted by Crippen LogP contribution is -2.01. The van der Waals surface area contributed by atoms with Crippen molar-refractivity contribution >= 4 is 16.9 Å². The number of allylic oxidation sites excluding steroid dienone is 1. The van der Waals surface area contributed by atoms with Crippen LogP contribution in [0, 0.1) is 0 Å². The van der Waals surface area contributed by atoms with Gasteiger partial charge in [0, 0.05) is 29.1 Å². The van der Waals surface area contributed by atoms with Crippen LogP contribution in [0.15, 0.2) is 72.9 Å². The van der Waals surface area contributed by atoms with E-state index >= 15 is 0 Å². The molecule has 3 heteroatoms. The van der Waals surface area contributed by atoms with E-state index in [0.29, 0.717) is 0 Å². The van der Waals surface area contributed by atoms with Gasteiger partial charge in [-0.15, -0.1) is 0 Å². The molecule has 3 rings (SSSR count). The van der Waals surface area contributed by atoms with Crippen molar-refractivity contribution in [3.05, 3.63) is 84.1 Å². The fourth-order valence-electron chi connectivity index (χ4n) is 2.68. The smallest absolute Gasteiger partial charge is 0.330 e. The van der Waals surface area contributed by atoms with E-state index < -0.39 is 0 Å². The molecule has 0 bridgehead atoms. The number of carbonyl (C=O) groups excluding carboxylic acids is 1. The third-order valence-corrected chi connectivity index (χ3v) is 3.75. The minimum absolute atomic E-state index is 0.000185. The zero-order valence-electron chi connectivity index (χ0n) is 12.3. The minimum Gasteiger partial charge on any atom is -0.466 e. The zero-order valence-corrected chi connectivity index (χ0v) is 12.3. The molecule has 2 aromatic carbocycles. The molecule has 0 aliphatic rings. The Morgan fingerprint density at radius 3 is 2.68 bits per heavy atom. The van der Waals surface area contributed by atoms with Crippen molar-refractivity contribution in [1.29, 1.82) is 0 Å². The second kappa shape index (κ2) is 6.31. The molecule has 1 heterocycles. The van der Waals surface area contributed by atoms with Gasteiger partial charge in [0.1, 0.15) is 0 Å². The minimum atomic E-state index is -0.345. The van der Waals surface area contributed by atoms with Crippen LogP contribution in [0.5, 0.6) is 0 Å². The van der Waals surface area contributed by atoms with Crippen molar-refractivity contribution in [2.24, 2.45) is 0 Å². The maximum Gasteiger partial charge on any atom is 0.330 e. The lowest BCUT2D eigenvalue weighted by Gasteiger charge is -2.15. The van der Waals surface area contributed by atoms with Crippen LogP contribution in [0.4, 0.5) is 0 Å². The predicted molar refractivity (Wildman–Crippen MR) is 87.7 cm³/mol. The van der Waals surface area contributed by atoms with Crippen molar-refractivity contribution < 1.29 is 9.53 Å². The van der Waals surface area contributed by atoms with Crippen molar-refractivity contribution in [3.63, 3.8) is 0 Å². The van der Waals surface area contributed by atoms with Gasteiger partial charge in [-0.25, -0.2) is 4.79 Å². The van der Waals surface area contributed by atoms with Gasteiger partial charge in [0.05, 0.1) is 7.11 Å².